The molecule has 0 aromatic carbocycles. The first-order chi connectivity index (χ1) is 12.2. The molecule has 1 N–H and O–H groups in total. The zero-order valence-corrected chi connectivity index (χ0v) is 15.3. The quantitative estimate of drug-likeness (QED) is 0.909. The number of aromatic nitrogens is 2. The smallest absolute Gasteiger partial charge is 0.0573 e. The van der Waals surface area contributed by atoms with Crippen molar-refractivity contribution >= 4 is 0 Å². The van der Waals surface area contributed by atoms with Crippen LogP contribution in [0.25, 0.3) is 0 Å². The predicted octanol–water partition coefficient (Wildman–Crippen LogP) is 3.38. The van der Waals surface area contributed by atoms with Crippen molar-refractivity contribution < 1.29 is 0 Å². The Morgan fingerprint density at radius 2 is 1.44 bits per heavy atom. The topological polar surface area (TPSA) is 41.1 Å². The highest BCUT2D eigenvalue weighted by Crippen LogP contribution is 2.31. The second-order valence-electron chi connectivity index (χ2n) is 7.70. The van der Waals surface area contributed by atoms with Gasteiger partial charge in [0.25, 0.3) is 0 Å². The van der Waals surface area contributed by atoms with Crippen molar-refractivity contribution in [2.24, 2.45) is 0 Å². The Morgan fingerprint density at radius 1 is 0.920 bits per heavy atom. The number of hydrogen-bond donors (Lipinski definition) is 1. The fraction of sp³-hybridized carbons (Fsp3) is 0.524. The monoisotopic (exact) mass is 336 g/mol. The maximum absolute atomic E-state index is 4.65. The molecule has 0 saturated carbocycles. The average Bonchev–Trinajstić information content (AvgIpc) is 2.96. The van der Waals surface area contributed by atoms with Crippen molar-refractivity contribution in [2.45, 2.75) is 70.7 Å². The molecule has 2 aromatic rings. The van der Waals surface area contributed by atoms with Gasteiger partial charge in [0, 0.05) is 43.6 Å². The van der Waals surface area contributed by atoms with E-state index in [4.69, 9.17) is 0 Å². The van der Waals surface area contributed by atoms with Crippen molar-refractivity contribution in [1.82, 2.24) is 20.2 Å². The van der Waals surface area contributed by atoms with Gasteiger partial charge in [-0.05, 0) is 62.8 Å². The predicted molar refractivity (Wildman–Crippen MR) is 100 cm³/mol. The summed E-state index contributed by atoms with van der Waals surface area (Å²) in [7, 11) is 0. The summed E-state index contributed by atoms with van der Waals surface area (Å²) >= 11 is 0. The molecule has 0 radical (unpaired) electrons. The molecule has 4 heteroatoms. The maximum atomic E-state index is 4.65. The summed E-state index contributed by atoms with van der Waals surface area (Å²) in [5, 5.41) is 3.77. The van der Waals surface area contributed by atoms with Crippen LogP contribution in [0.1, 0.15) is 48.2 Å². The molecular formula is C21H28N4. The van der Waals surface area contributed by atoms with E-state index in [1.54, 1.807) is 0 Å². The van der Waals surface area contributed by atoms with E-state index in [2.05, 4.69) is 46.2 Å². The lowest BCUT2D eigenvalue weighted by atomic mass is 9.97. The van der Waals surface area contributed by atoms with Crippen LogP contribution in [-0.2, 0) is 13.1 Å². The van der Waals surface area contributed by atoms with Gasteiger partial charge < -0.3 is 5.32 Å². The van der Waals surface area contributed by atoms with Gasteiger partial charge in [-0.2, -0.15) is 0 Å². The zero-order chi connectivity index (χ0) is 17.2. The van der Waals surface area contributed by atoms with Gasteiger partial charge >= 0.3 is 0 Å². The minimum atomic E-state index is 0.613. The highest BCUT2D eigenvalue weighted by atomic mass is 15.2. The van der Waals surface area contributed by atoms with Crippen LogP contribution in [0.5, 0.6) is 0 Å². The lowest BCUT2D eigenvalue weighted by Crippen LogP contribution is -2.48. The molecule has 2 aliphatic heterocycles. The number of hydrogen-bond acceptors (Lipinski definition) is 4. The third-order valence-electron chi connectivity index (χ3n) is 5.91. The highest BCUT2D eigenvalue weighted by Gasteiger charge is 2.36. The van der Waals surface area contributed by atoms with Gasteiger partial charge in [-0.1, -0.05) is 12.1 Å². The summed E-state index contributed by atoms with van der Waals surface area (Å²) in [5.74, 6) is 0. The first kappa shape index (κ1) is 16.7. The molecule has 2 aliphatic rings. The van der Waals surface area contributed by atoms with Crippen molar-refractivity contribution in [1.29, 1.82) is 0 Å². The van der Waals surface area contributed by atoms with E-state index in [0.717, 1.165) is 13.1 Å². The van der Waals surface area contributed by atoms with Gasteiger partial charge in [0.15, 0.2) is 0 Å². The molecule has 0 spiro atoms. The molecule has 0 aliphatic carbocycles. The molecule has 2 fully saturated rings. The molecule has 0 amide bonds. The van der Waals surface area contributed by atoms with Crippen LogP contribution in [0.15, 0.2) is 36.7 Å². The number of piperidine rings is 1. The third-order valence-corrected chi connectivity index (χ3v) is 5.91. The molecule has 132 valence electrons. The Kier molecular flexibility index (Phi) is 4.82. The van der Waals surface area contributed by atoms with Gasteiger partial charge in [-0.25, -0.2) is 0 Å². The summed E-state index contributed by atoms with van der Waals surface area (Å²) in [6.45, 7) is 6.15. The van der Waals surface area contributed by atoms with Crippen LogP contribution >= 0.6 is 0 Å². The van der Waals surface area contributed by atoms with Crippen molar-refractivity contribution in [3.63, 3.8) is 0 Å². The summed E-state index contributed by atoms with van der Waals surface area (Å²) in [5.41, 5.74) is 4.95. The normalized spacial score (nSPS) is 25.5. The Morgan fingerprint density at radius 3 is 1.92 bits per heavy atom. The summed E-state index contributed by atoms with van der Waals surface area (Å²) < 4.78 is 0. The second kappa shape index (κ2) is 7.22. The van der Waals surface area contributed by atoms with Crippen molar-refractivity contribution in [2.75, 3.05) is 0 Å². The van der Waals surface area contributed by atoms with E-state index in [9.17, 15) is 0 Å². The number of nitrogens with zero attached hydrogens (tertiary/aromatic N) is 3. The molecule has 1 unspecified atom stereocenters. The third kappa shape index (κ3) is 3.75. The molecule has 4 nitrogen and oxygen atoms in total. The SMILES string of the molecule is Cc1cccnc1CN(Cc1ncccc1C)C1C[C@H]2CC[C@@H](C1)N2. The fourth-order valence-electron chi connectivity index (χ4n) is 4.39. The molecule has 2 aromatic heterocycles. The van der Waals surface area contributed by atoms with Gasteiger partial charge in [0.2, 0.25) is 0 Å². The molecular weight excluding hydrogens is 308 g/mol. The summed E-state index contributed by atoms with van der Waals surface area (Å²) in [4.78, 5) is 11.9. The van der Waals surface area contributed by atoms with E-state index in [1.807, 2.05) is 24.5 Å². The van der Waals surface area contributed by atoms with Crippen LogP contribution < -0.4 is 5.32 Å². The van der Waals surface area contributed by atoms with Crippen LogP contribution in [0.2, 0.25) is 0 Å². The summed E-state index contributed by atoms with van der Waals surface area (Å²) in [6.07, 6.45) is 8.99. The van der Waals surface area contributed by atoms with Crippen LogP contribution in [0.4, 0.5) is 0 Å². The van der Waals surface area contributed by atoms with E-state index in [-0.39, 0.29) is 0 Å². The first-order valence-electron chi connectivity index (χ1n) is 9.50. The molecule has 3 atom stereocenters. The molecule has 2 bridgehead atoms. The number of pyridine rings is 2. The van der Waals surface area contributed by atoms with Crippen molar-refractivity contribution in [3.8, 4) is 0 Å². The van der Waals surface area contributed by atoms with Gasteiger partial charge in [0.05, 0.1) is 11.4 Å². The van der Waals surface area contributed by atoms with Gasteiger partial charge in [0.1, 0.15) is 0 Å². The second-order valence-corrected chi connectivity index (χ2v) is 7.70. The minimum absolute atomic E-state index is 0.613. The Balaban J connectivity index is 1.58. The van der Waals surface area contributed by atoms with E-state index in [0.29, 0.717) is 18.1 Å². The lowest BCUT2D eigenvalue weighted by molar-refractivity contribution is 0.123. The van der Waals surface area contributed by atoms with E-state index in [1.165, 1.54) is 48.2 Å². The van der Waals surface area contributed by atoms with E-state index >= 15 is 0 Å². The summed E-state index contributed by atoms with van der Waals surface area (Å²) in [6, 6.07) is 10.4. The van der Waals surface area contributed by atoms with Crippen LogP contribution in [0.3, 0.4) is 0 Å². The molecule has 25 heavy (non-hydrogen) atoms. The van der Waals surface area contributed by atoms with Crippen LogP contribution in [0, 0.1) is 13.8 Å². The Labute approximate surface area is 150 Å². The lowest BCUT2D eigenvalue weighted by Gasteiger charge is -2.38. The average molecular weight is 336 g/mol. The number of fused-ring (bicyclic) bond motifs is 2. The van der Waals surface area contributed by atoms with Gasteiger partial charge in [-0.3, -0.25) is 14.9 Å². The number of nitrogens with one attached hydrogen (secondary N) is 1. The van der Waals surface area contributed by atoms with E-state index < -0.39 is 0 Å². The largest absolute Gasteiger partial charge is 0.311 e. The van der Waals surface area contributed by atoms with Gasteiger partial charge in [-0.15, -0.1) is 0 Å². The molecule has 2 saturated heterocycles. The molecule has 4 heterocycles. The highest BCUT2D eigenvalue weighted by molar-refractivity contribution is 5.20. The Bertz CT molecular complexity index is 670. The van der Waals surface area contributed by atoms with Crippen molar-refractivity contribution in [3.05, 3.63) is 59.2 Å². The minimum Gasteiger partial charge on any atom is -0.311 e. The fourth-order valence-corrected chi connectivity index (χ4v) is 4.39. The number of rotatable bonds is 5. The number of aryl methyl sites for hydroxylation is 2. The maximum Gasteiger partial charge on any atom is 0.0573 e. The van der Waals surface area contributed by atoms with Crippen LogP contribution in [-0.4, -0.2) is 33.0 Å². The molecule has 4 rings (SSSR count). The standard InChI is InChI=1S/C21H28N4/c1-15-5-3-9-22-20(15)13-25(14-21-16(2)6-4-10-23-21)19-11-17-7-8-18(12-19)24-17/h3-6,9-10,17-19,24H,7-8,11-14H2,1-2H3/t17-,18+,19?. The zero-order valence-electron chi connectivity index (χ0n) is 15.3. The first-order valence-corrected chi connectivity index (χ1v) is 9.50. The Hall–Kier alpha value is -1.78.